The van der Waals surface area contributed by atoms with Crippen molar-refractivity contribution in [2.75, 3.05) is 24.4 Å². The number of amides is 2. The molecule has 3 aromatic rings. The Balaban J connectivity index is 1.46. The highest BCUT2D eigenvalue weighted by molar-refractivity contribution is 7.12. The van der Waals surface area contributed by atoms with Crippen LogP contribution in [-0.2, 0) is 4.79 Å². The van der Waals surface area contributed by atoms with Crippen molar-refractivity contribution in [3.63, 3.8) is 0 Å². The van der Waals surface area contributed by atoms with E-state index in [-0.39, 0.29) is 24.0 Å². The van der Waals surface area contributed by atoms with Gasteiger partial charge in [0.2, 0.25) is 5.91 Å². The number of benzene rings is 2. The van der Waals surface area contributed by atoms with Crippen molar-refractivity contribution >= 4 is 40.3 Å². The molecule has 0 spiro atoms. The summed E-state index contributed by atoms with van der Waals surface area (Å²) in [6.07, 6.45) is 0.762. The Morgan fingerprint density at radius 1 is 0.938 bits per heavy atom. The molecule has 8 heteroatoms. The molecule has 2 amide bonds. The van der Waals surface area contributed by atoms with Gasteiger partial charge in [-0.1, -0.05) is 12.1 Å². The molecule has 0 saturated heterocycles. The minimum absolute atomic E-state index is 0.0540. The van der Waals surface area contributed by atoms with E-state index in [4.69, 9.17) is 9.47 Å². The smallest absolute Gasteiger partial charge is 0.265 e. The number of hydrogen-bond acceptors (Lipinski definition) is 6. The van der Waals surface area contributed by atoms with Crippen molar-refractivity contribution in [3.05, 3.63) is 70.4 Å². The van der Waals surface area contributed by atoms with Gasteiger partial charge in [-0.15, -0.1) is 11.3 Å². The van der Waals surface area contributed by atoms with Gasteiger partial charge in [-0.3, -0.25) is 14.4 Å². The van der Waals surface area contributed by atoms with Crippen LogP contribution in [0, 0.1) is 0 Å². The predicted molar refractivity (Wildman–Crippen MR) is 125 cm³/mol. The van der Waals surface area contributed by atoms with Crippen molar-refractivity contribution in [3.8, 4) is 11.5 Å². The lowest BCUT2D eigenvalue weighted by molar-refractivity contribution is -0.116. The molecule has 0 saturated carbocycles. The van der Waals surface area contributed by atoms with Crippen LogP contribution in [0.15, 0.2) is 60.0 Å². The molecule has 0 aliphatic rings. The second-order valence-electron chi connectivity index (χ2n) is 6.93. The normalized spacial score (nSPS) is 10.3. The number of ketones is 1. The maximum absolute atomic E-state index is 12.3. The Labute approximate surface area is 190 Å². The Kier molecular flexibility index (Phi) is 7.99. The summed E-state index contributed by atoms with van der Waals surface area (Å²) in [7, 11) is 1.51. The minimum atomic E-state index is -0.188. The van der Waals surface area contributed by atoms with E-state index in [1.165, 1.54) is 25.4 Å². The Morgan fingerprint density at radius 2 is 1.72 bits per heavy atom. The molecule has 2 N–H and O–H groups in total. The number of methoxy groups -OCH3 is 1. The van der Waals surface area contributed by atoms with Crippen LogP contribution < -0.4 is 20.1 Å². The van der Waals surface area contributed by atoms with Crippen LogP contribution in [0.4, 0.5) is 11.4 Å². The topological polar surface area (TPSA) is 93.7 Å². The lowest BCUT2D eigenvalue weighted by Gasteiger charge is -2.12. The number of ether oxygens (including phenoxy) is 2. The van der Waals surface area contributed by atoms with Gasteiger partial charge in [0.15, 0.2) is 17.3 Å². The summed E-state index contributed by atoms with van der Waals surface area (Å²) in [6, 6.07) is 15.6. The quantitative estimate of drug-likeness (QED) is 0.333. The summed E-state index contributed by atoms with van der Waals surface area (Å²) in [6.45, 7) is 1.81. The number of nitrogens with one attached hydrogen (secondary N) is 2. The molecule has 3 rings (SSSR count). The summed E-state index contributed by atoms with van der Waals surface area (Å²) in [4.78, 5) is 36.5. The summed E-state index contributed by atoms with van der Waals surface area (Å²) in [5.41, 5.74) is 1.74. The van der Waals surface area contributed by atoms with Crippen LogP contribution in [0.1, 0.15) is 39.8 Å². The largest absolute Gasteiger partial charge is 0.493 e. The lowest BCUT2D eigenvalue weighted by atomic mass is 10.1. The van der Waals surface area contributed by atoms with Gasteiger partial charge in [0, 0.05) is 23.4 Å². The fourth-order valence-electron chi connectivity index (χ4n) is 2.92. The van der Waals surface area contributed by atoms with Crippen molar-refractivity contribution in [1.29, 1.82) is 0 Å². The molecule has 1 aromatic heterocycles. The van der Waals surface area contributed by atoms with Crippen LogP contribution in [0.5, 0.6) is 11.5 Å². The maximum Gasteiger partial charge on any atom is 0.265 e. The molecule has 2 aromatic carbocycles. The Bertz CT molecular complexity index is 1100. The van der Waals surface area contributed by atoms with E-state index in [0.29, 0.717) is 46.3 Å². The number of carbonyl (C=O) groups excluding carboxylic acids is 3. The van der Waals surface area contributed by atoms with Crippen molar-refractivity contribution < 1.29 is 23.9 Å². The summed E-state index contributed by atoms with van der Waals surface area (Å²) < 4.78 is 11.0. The average molecular weight is 453 g/mol. The maximum atomic E-state index is 12.3. The highest BCUT2D eigenvalue weighted by Crippen LogP contribution is 2.28. The number of thiophene rings is 1. The average Bonchev–Trinajstić information content (AvgIpc) is 3.32. The van der Waals surface area contributed by atoms with E-state index in [0.717, 1.165) is 0 Å². The highest BCUT2D eigenvalue weighted by Gasteiger charge is 2.10. The van der Waals surface area contributed by atoms with E-state index in [9.17, 15) is 14.4 Å². The number of anilines is 2. The fourth-order valence-corrected chi connectivity index (χ4v) is 3.54. The van der Waals surface area contributed by atoms with Gasteiger partial charge in [-0.25, -0.2) is 0 Å². The Hall–Kier alpha value is -3.65. The molecule has 166 valence electrons. The van der Waals surface area contributed by atoms with Gasteiger partial charge < -0.3 is 20.1 Å². The van der Waals surface area contributed by atoms with E-state index in [2.05, 4.69) is 10.6 Å². The van der Waals surface area contributed by atoms with Crippen LogP contribution in [0.25, 0.3) is 0 Å². The minimum Gasteiger partial charge on any atom is -0.493 e. The Morgan fingerprint density at radius 3 is 2.41 bits per heavy atom. The van der Waals surface area contributed by atoms with E-state index < -0.39 is 0 Å². The first kappa shape index (κ1) is 23.0. The van der Waals surface area contributed by atoms with Gasteiger partial charge >= 0.3 is 0 Å². The standard InChI is InChI=1S/C24H24N2O5S/c1-16(27)17-10-11-20(21(14-17)30-2)31-12-4-9-23(28)25-18-6-3-7-19(15-18)26-24(29)22-8-5-13-32-22/h3,5-8,10-11,13-15H,4,9,12H2,1-2H3,(H,25,28)(H,26,29). The summed E-state index contributed by atoms with van der Waals surface area (Å²) in [5.74, 6) is 0.596. The van der Waals surface area contributed by atoms with E-state index in [1.807, 2.05) is 11.4 Å². The molecule has 0 bridgehead atoms. The third kappa shape index (κ3) is 6.42. The molecule has 0 aliphatic heterocycles. The molecule has 1 heterocycles. The molecule has 0 radical (unpaired) electrons. The predicted octanol–water partition coefficient (Wildman–Crippen LogP) is 5.01. The fraction of sp³-hybridized carbons (Fsp3) is 0.208. The molecule has 0 atom stereocenters. The van der Waals surface area contributed by atoms with Crippen molar-refractivity contribution in [2.24, 2.45) is 0 Å². The van der Waals surface area contributed by atoms with Crippen LogP contribution in [0.2, 0.25) is 0 Å². The first-order valence-corrected chi connectivity index (χ1v) is 10.9. The zero-order valence-electron chi connectivity index (χ0n) is 17.8. The SMILES string of the molecule is COc1cc(C(C)=O)ccc1OCCCC(=O)Nc1cccc(NC(=O)c2cccs2)c1. The molecule has 0 aliphatic carbocycles. The van der Waals surface area contributed by atoms with Gasteiger partial charge in [0.1, 0.15) is 0 Å². The van der Waals surface area contributed by atoms with Crippen molar-refractivity contribution in [2.45, 2.75) is 19.8 Å². The van der Waals surface area contributed by atoms with Crippen molar-refractivity contribution in [1.82, 2.24) is 0 Å². The van der Waals surface area contributed by atoms with Gasteiger partial charge in [0.25, 0.3) is 5.91 Å². The monoisotopic (exact) mass is 452 g/mol. The molecule has 0 fully saturated rings. The first-order chi connectivity index (χ1) is 15.5. The van der Waals surface area contributed by atoms with E-state index in [1.54, 1.807) is 48.5 Å². The first-order valence-electron chi connectivity index (χ1n) is 10.0. The molecule has 32 heavy (non-hydrogen) atoms. The van der Waals surface area contributed by atoms with Crippen LogP contribution in [-0.4, -0.2) is 31.3 Å². The molecule has 7 nitrogen and oxygen atoms in total. The highest BCUT2D eigenvalue weighted by atomic mass is 32.1. The summed E-state index contributed by atoms with van der Waals surface area (Å²) >= 11 is 1.36. The molecular weight excluding hydrogens is 428 g/mol. The van der Waals surface area contributed by atoms with Gasteiger partial charge in [0.05, 0.1) is 18.6 Å². The number of hydrogen-bond donors (Lipinski definition) is 2. The second-order valence-corrected chi connectivity index (χ2v) is 7.88. The zero-order chi connectivity index (χ0) is 22.9. The number of rotatable bonds is 10. The zero-order valence-corrected chi connectivity index (χ0v) is 18.7. The third-order valence-corrected chi connectivity index (χ3v) is 5.39. The second kappa shape index (κ2) is 11.1. The van der Waals surface area contributed by atoms with Gasteiger partial charge in [-0.2, -0.15) is 0 Å². The van der Waals surface area contributed by atoms with Gasteiger partial charge in [-0.05, 0) is 61.2 Å². The summed E-state index contributed by atoms with van der Waals surface area (Å²) in [5, 5.41) is 7.48. The van der Waals surface area contributed by atoms with Crippen LogP contribution in [0.3, 0.4) is 0 Å². The number of Topliss-reactive ketones (excluding diaryl/α,β-unsaturated/α-hetero) is 1. The molecular formula is C24H24N2O5S. The van der Waals surface area contributed by atoms with Crippen LogP contribution >= 0.6 is 11.3 Å². The molecule has 0 unspecified atom stereocenters. The number of carbonyl (C=O) groups is 3. The van der Waals surface area contributed by atoms with E-state index >= 15 is 0 Å². The lowest BCUT2D eigenvalue weighted by Crippen LogP contribution is -2.14. The third-order valence-electron chi connectivity index (χ3n) is 4.53.